The van der Waals surface area contributed by atoms with Crippen molar-refractivity contribution in [1.82, 2.24) is 9.59 Å². The quantitative estimate of drug-likeness (QED) is 0.889. The predicted molar refractivity (Wildman–Crippen MR) is 60.2 cm³/mol. The molecular weight excluding hydrogens is 229 g/mol. The molecule has 2 rings (SSSR count). The molecule has 6 heteroatoms. The largest absolute Gasteiger partial charge is 0.497 e. The van der Waals surface area contributed by atoms with Gasteiger partial charge in [-0.2, -0.15) is 0 Å². The van der Waals surface area contributed by atoms with Crippen LogP contribution in [0.15, 0.2) is 23.6 Å². The second-order valence-corrected chi connectivity index (χ2v) is 3.71. The van der Waals surface area contributed by atoms with Crippen molar-refractivity contribution in [2.45, 2.75) is 6.54 Å². The Morgan fingerprint density at radius 1 is 1.50 bits per heavy atom. The summed E-state index contributed by atoms with van der Waals surface area (Å²) in [5, 5.41) is 8.61. The smallest absolute Gasteiger partial charge is 0.146 e. The lowest BCUT2D eigenvalue weighted by Crippen LogP contribution is -2.02. The molecule has 4 nitrogen and oxygen atoms in total. The van der Waals surface area contributed by atoms with E-state index in [1.165, 1.54) is 17.6 Å². The van der Waals surface area contributed by atoms with Crippen LogP contribution < -0.4 is 10.1 Å². The minimum atomic E-state index is -0.316. The molecular formula is C10H10FN3OS. The van der Waals surface area contributed by atoms with E-state index in [-0.39, 0.29) is 5.82 Å². The minimum Gasteiger partial charge on any atom is -0.497 e. The van der Waals surface area contributed by atoms with Gasteiger partial charge in [-0.05, 0) is 23.7 Å². The van der Waals surface area contributed by atoms with Gasteiger partial charge in [-0.15, -0.1) is 5.10 Å². The highest BCUT2D eigenvalue weighted by molar-refractivity contribution is 7.03. The highest BCUT2D eigenvalue weighted by atomic mass is 32.1. The molecule has 0 spiro atoms. The number of nitrogens with zero attached hydrogens (tertiary/aromatic N) is 2. The first-order chi connectivity index (χ1) is 7.79. The molecule has 0 bridgehead atoms. The molecule has 2 aromatic rings. The number of anilines is 1. The molecule has 0 radical (unpaired) electrons. The maximum Gasteiger partial charge on any atom is 0.146 e. The Bertz CT molecular complexity index is 461. The van der Waals surface area contributed by atoms with Crippen molar-refractivity contribution in [3.05, 3.63) is 35.1 Å². The van der Waals surface area contributed by atoms with Gasteiger partial charge in [0.2, 0.25) is 0 Å². The van der Waals surface area contributed by atoms with E-state index in [9.17, 15) is 4.39 Å². The van der Waals surface area contributed by atoms with Gasteiger partial charge >= 0.3 is 0 Å². The zero-order chi connectivity index (χ0) is 11.4. The Morgan fingerprint density at radius 2 is 2.38 bits per heavy atom. The van der Waals surface area contributed by atoms with E-state index < -0.39 is 0 Å². The van der Waals surface area contributed by atoms with E-state index >= 15 is 0 Å². The Balaban J connectivity index is 2.08. The SMILES string of the molecule is COc1ccc(F)c(NCc2csnn2)c1. The van der Waals surface area contributed by atoms with Crippen molar-refractivity contribution in [2.24, 2.45) is 0 Å². The van der Waals surface area contributed by atoms with Gasteiger partial charge in [-0.25, -0.2) is 4.39 Å². The van der Waals surface area contributed by atoms with Crippen LogP contribution in [0.2, 0.25) is 0 Å². The standard InChI is InChI=1S/C10H10FN3OS/c1-15-8-2-3-9(11)10(4-8)12-5-7-6-16-14-13-7/h2-4,6,12H,5H2,1H3. The number of aromatic nitrogens is 2. The van der Waals surface area contributed by atoms with Crippen LogP contribution in [-0.4, -0.2) is 16.7 Å². The van der Waals surface area contributed by atoms with E-state index in [1.807, 2.05) is 5.38 Å². The van der Waals surface area contributed by atoms with Crippen LogP contribution in [0.1, 0.15) is 5.69 Å². The Labute approximate surface area is 96.2 Å². The van der Waals surface area contributed by atoms with Crippen LogP contribution >= 0.6 is 11.5 Å². The summed E-state index contributed by atoms with van der Waals surface area (Å²) < 4.78 is 22.1. The monoisotopic (exact) mass is 239 g/mol. The molecule has 1 heterocycles. The van der Waals surface area contributed by atoms with Crippen molar-refractivity contribution in [2.75, 3.05) is 12.4 Å². The molecule has 1 aromatic carbocycles. The Kier molecular flexibility index (Phi) is 3.31. The second-order valence-electron chi connectivity index (χ2n) is 3.10. The number of halogens is 1. The van der Waals surface area contributed by atoms with Crippen molar-refractivity contribution >= 4 is 17.2 Å². The van der Waals surface area contributed by atoms with Crippen LogP contribution in [0.5, 0.6) is 5.75 Å². The fourth-order valence-corrected chi connectivity index (χ4v) is 1.66. The molecule has 0 amide bonds. The summed E-state index contributed by atoms with van der Waals surface area (Å²) in [5.41, 5.74) is 1.18. The lowest BCUT2D eigenvalue weighted by Gasteiger charge is -2.07. The molecule has 0 unspecified atom stereocenters. The summed E-state index contributed by atoms with van der Waals surface area (Å²) in [6.07, 6.45) is 0. The van der Waals surface area contributed by atoms with E-state index in [0.717, 1.165) is 5.69 Å². The first-order valence-electron chi connectivity index (χ1n) is 4.63. The molecule has 0 saturated heterocycles. The molecule has 0 aliphatic heterocycles. The number of nitrogens with one attached hydrogen (secondary N) is 1. The van der Waals surface area contributed by atoms with Gasteiger partial charge in [0.25, 0.3) is 0 Å². The number of benzene rings is 1. The third-order valence-corrected chi connectivity index (χ3v) is 2.59. The lowest BCUT2D eigenvalue weighted by atomic mass is 10.3. The number of rotatable bonds is 4. The van der Waals surface area contributed by atoms with Crippen molar-refractivity contribution < 1.29 is 9.13 Å². The number of methoxy groups -OCH3 is 1. The van der Waals surface area contributed by atoms with Gasteiger partial charge in [-0.1, -0.05) is 4.49 Å². The van der Waals surface area contributed by atoms with Gasteiger partial charge in [0.15, 0.2) is 0 Å². The fourth-order valence-electron chi connectivity index (χ4n) is 1.21. The summed E-state index contributed by atoms with van der Waals surface area (Å²) in [4.78, 5) is 0. The molecule has 0 aliphatic carbocycles. The second kappa shape index (κ2) is 4.89. The summed E-state index contributed by atoms with van der Waals surface area (Å²) >= 11 is 1.27. The predicted octanol–water partition coefficient (Wildman–Crippen LogP) is 2.30. The number of hydrogen-bond acceptors (Lipinski definition) is 5. The van der Waals surface area contributed by atoms with E-state index in [1.54, 1.807) is 19.2 Å². The maximum atomic E-state index is 13.4. The van der Waals surface area contributed by atoms with Crippen molar-refractivity contribution in [1.29, 1.82) is 0 Å². The van der Waals surface area contributed by atoms with Crippen LogP contribution in [-0.2, 0) is 6.54 Å². The zero-order valence-electron chi connectivity index (χ0n) is 8.61. The Hall–Kier alpha value is -1.69. The van der Waals surface area contributed by atoms with Crippen LogP contribution in [0.25, 0.3) is 0 Å². The summed E-state index contributed by atoms with van der Waals surface area (Å²) in [6.45, 7) is 0.445. The average Bonchev–Trinajstić information content (AvgIpc) is 2.81. The maximum absolute atomic E-state index is 13.4. The highest BCUT2D eigenvalue weighted by Gasteiger charge is 2.04. The van der Waals surface area contributed by atoms with Crippen molar-refractivity contribution in [3.63, 3.8) is 0 Å². The fraction of sp³-hybridized carbons (Fsp3) is 0.200. The topological polar surface area (TPSA) is 47.0 Å². The minimum absolute atomic E-state index is 0.316. The first kappa shape index (κ1) is 10.8. The van der Waals surface area contributed by atoms with Gasteiger partial charge in [0.1, 0.15) is 11.6 Å². The molecule has 1 N–H and O–H groups in total. The first-order valence-corrected chi connectivity index (χ1v) is 5.46. The highest BCUT2D eigenvalue weighted by Crippen LogP contribution is 2.21. The normalized spacial score (nSPS) is 10.1. The molecule has 0 saturated carbocycles. The van der Waals surface area contributed by atoms with Crippen LogP contribution in [0.4, 0.5) is 10.1 Å². The van der Waals surface area contributed by atoms with E-state index in [0.29, 0.717) is 18.0 Å². The molecule has 16 heavy (non-hydrogen) atoms. The Morgan fingerprint density at radius 3 is 3.06 bits per heavy atom. The van der Waals surface area contributed by atoms with Crippen molar-refractivity contribution in [3.8, 4) is 5.75 Å². The molecule has 0 atom stereocenters. The van der Waals surface area contributed by atoms with E-state index in [2.05, 4.69) is 14.9 Å². The molecule has 0 fully saturated rings. The summed E-state index contributed by atoms with van der Waals surface area (Å²) in [5.74, 6) is 0.296. The summed E-state index contributed by atoms with van der Waals surface area (Å²) in [7, 11) is 1.54. The zero-order valence-corrected chi connectivity index (χ0v) is 9.42. The molecule has 84 valence electrons. The molecule has 1 aromatic heterocycles. The van der Waals surface area contributed by atoms with Gasteiger partial charge in [-0.3, -0.25) is 0 Å². The average molecular weight is 239 g/mol. The summed E-state index contributed by atoms with van der Waals surface area (Å²) in [6, 6.07) is 4.54. The van der Waals surface area contributed by atoms with Gasteiger partial charge in [0.05, 0.1) is 25.0 Å². The third-order valence-electron chi connectivity index (χ3n) is 2.04. The lowest BCUT2D eigenvalue weighted by molar-refractivity contribution is 0.414. The van der Waals surface area contributed by atoms with Crippen LogP contribution in [0.3, 0.4) is 0 Å². The van der Waals surface area contributed by atoms with E-state index in [4.69, 9.17) is 4.74 Å². The number of hydrogen-bond donors (Lipinski definition) is 1. The van der Waals surface area contributed by atoms with Gasteiger partial charge < -0.3 is 10.1 Å². The molecule has 0 aliphatic rings. The number of ether oxygens (including phenoxy) is 1. The van der Waals surface area contributed by atoms with Gasteiger partial charge in [0, 0.05) is 11.4 Å². The van der Waals surface area contributed by atoms with Crippen LogP contribution in [0, 0.1) is 5.82 Å². The third kappa shape index (κ3) is 2.46.